The first-order valence-electron chi connectivity index (χ1n) is 4.57. The van der Waals surface area contributed by atoms with Crippen molar-refractivity contribution in [3.63, 3.8) is 0 Å². The zero-order chi connectivity index (χ0) is 10.6. The summed E-state index contributed by atoms with van der Waals surface area (Å²) in [5, 5.41) is 16.2. The third-order valence-corrected chi connectivity index (χ3v) is 1.80. The second kappa shape index (κ2) is 4.20. The van der Waals surface area contributed by atoms with E-state index in [1.165, 1.54) is 6.33 Å². The molecule has 1 atom stereocenters. The lowest BCUT2D eigenvalue weighted by atomic mass is 10.0. The standard InChI is InChI=1S/C9H15N5/c1-8(2)13-9(3,4-10)5-14-7-11-6-12-14/h6-8,13H,5H2,1-3H3. The Hall–Kier alpha value is -1.41. The molecule has 0 amide bonds. The molecule has 76 valence electrons. The van der Waals surface area contributed by atoms with Gasteiger partial charge in [-0.05, 0) is 20.8 Å². The number of nitrogens with zero attached hydrogens (tertiary/aromatic N) is 4. The number of rotatable bonds is 4. The molecule has 0 fully saturated rings. The normalized spacial score (nSPS) is 15.1. The van der Waals surface area contributed by atoms with Crippen LogP contribution < -0.4 is 5.32 Å². The van der Waals surface area contributed by atoms with Gasteiger partial charge in [0.15, 0.2) is 0 Å². The minimum Gasteiger partial charge on any atom is -0.296 e. The monoisotopic (exact) mass is 193 g/mol. The molecule has 5 nitrogen and oxygen atoms in total. The number of nitriles is 1. The van der Waals surface area contributed by atoms with Crippen molar-refractivity contribution >= 4 is 0 Å². The summed E-state index contributed by atoms with van der Waals surface area (Å²) in [5.74, 6) is 0. The van der Waals surface area contributed by atoms with E-state index in [2.05, 4.69) is 21.5 Å². The Morgan fingerprint density at radius 3 is 2.79 bits per heavy atom. The lowest BCUT2D eigenvalue weighted by Gasteiger charge is -2.25. The molecule has 0 aliphatic carbocycles. The van der Waals surface area contributed by atoms with Crippen molar-refractivity contribution in [1.29, 1.82) is 5.26 Å². The predicted octanol–water partition coefficient (Wildman–Crippen LogP) is 0.558. The summed E-state index contributed by atoms with van der Waals surface area (Å²) in [6.45, 7) is 6.38. The summed E-state index contributed by atoms with van der Waals surface area (Å²) in [5.41, 5.74) is -0.595. The van der Waals surface area contributed by atoms with Gasteiger partial charge in [0.2, 0.25) is 0 Å². The summed E-state index contributed by atoms with van der Waals surface area (Å²) in [6.07, 6.45) is 3.07. The zero-order valence-electron chi connectivity index (χ0n) is 8.73. The van der Waals surface area contributed by atoms with Gasteiger partial charge in [-0.25, -0.2) is 4.98 Å². The van der Waals surface area contributed by atoms with E-state index in [9.17, 15) is 0 Å². The molecule has 0 saturated heterocycles. The SMILES string of the molecule is CC(C)NC(C)(C#N)Cn1cncn1. The molecular weight excluding hydrogens is 178 g/mol. The van der Waals surface area contributed by atoms with Crippen LogP contribution in [0.25, 0.3) is 0 Å². The Balaban J connectivity index is 2.67. The average molecular weight is 193 g/mol. The van der Waals surface area contributed by atoms with Crippen LogP contribution in [0.5, 0.6) is 0 Å². The largest absolute Gasteiger partial charge is 0.296 e. The molecule has 0 bridgehead atoms. The number of aromatic nitrogens is 3. The highest BCUT2D eigenvalue weighted by Crippen LogP contribution is 2.06. The Bertz CT molecular complexity index is 310. The molecule has 14 heavy (non-hydrogen) atoms. The van der Waals surface area contributed by atoms with Crippen molar-refractivity contribution in [3.05, 3.63) is 12.7 Å². The van der Waals surface area contributed by atoms with Crippen molar-refractivity contribution in [3.8, 4) is 6.07 Å². The van der Waals surface area contributed by atoms with Crippen LogP contribution in [0.3, 0.4) is 0 Å². The van der Waals surface area contributed by atoms with Gasteiger partial charge in [0.05, 0.1) is 12.6 Å². The Morgan fingerprint density at radius 1 is 1.64 bits per heavy atom. The average Bonchev–Trinajstić information content (AvgIpc) is 2.55. The number of hydrogen-bond acceptors (Lipinski definition) is 4. The Labute approximate surface area is 83.8 Å². The van der Waals surface area contributed by atoms with Crippen LogP contribution in [0, 0.1) is 11.3 Å². The number of nitrogens with one attached hydrogen (secondary N) is 1. The van der Waals surface area contributed by atoms with Gasteiger partial charge >= 0.3 is 0 Å². The Morgan fingerprint density at radius 2 is 2.36 bits per heavy atom. The van der Waals surface area contributed by atoms with E-state index in [1.54, 1.807) is 11.0 Å². The van der Waals surface area contributed by atoms with Crippen LogP contribution in [-0.2, 0) is 6.54 Å². The summed E-state index contributed by atoms with van der Waals surface area (Å²) in [7, 11) is 0. The fourth-order valence-corrected chi connectivity index (χ4v) is 1.39. The molecule has 1 N–H and O–H groups in total. The van der Waals surface area contributed by atoms with Gasteiger partial charge in [0.25, 0.3) is 0 Å². The predicted molar refractivity (Wildman–Crippen MR) is 52.3 cm³/mol. The van der Waals surface area contributed by atoms with Crippen LogP contribution >= 0.6 is 0 Å². The molecule has 5 heteroatoms. The molecule has 1 rings (SSSR count). The van der Waals surface area contributed by atoms with Gasteiger partial charge in [0, 0.05) is 6.04 Å². The van der Waals surface area contributed by atoms with E-state index in [1.807, 2.05) is 20.8 Å². The maximum atomic E-state index is 9.06. The smallest absolute Gasteiger partial charge is 0.137 e. The molecule has 1 unspecified atom stereocenters. The highest BCUT2D eigenvalue weighted by atomic mass is 15.3. The van der Waals surface area contributed by atoms with E-state index in [4.69, 9.17) is 5.26 Å². The lowest BCUT2D eigenvalue weighted by Crippen LogP contribution is -2.48. The van der Waals surface area contributed by atoms with Crippen molar-refractivity contribution in [2.45, 2.75) is 38.9 Å². The molecule has 0 aliphatic heterocycles. The first kappa shape index (κ1) is 10.7. The van der Waals surface area contributed by atoms with Crippen LogP contribution in [0.15, 0.2) is 12.7 Å². The molecule has 1 heterocycles. The van der Waals surface area contributed by atoms with E-state index in [-0.39, 0.29) is 6.04 Å². The zero-order valence-corrected chi connectivity index (χ0v) is 8.73. The minimum atomic E-state index is -0.595. The summed E-state index contributed by atoms with van der Waals surface area (Å²) in [6, 6.07) is 2.52. The molecular formula is C9H15N5. The first-order chi connectivity index (χ1) is 6.56. The fourth-order valence-electron chi connectivity index (χ4n) is 1.39. The number of hydrogen-bond donors (Lipinski definition) is 1. The van der Waals surface area contributed by atoms with Gasteiger partial charge < -0.3 is 0 Å². The molecule has 0 aromatic carbocycles. The quantitative estimate of drug-likeness (QED) is 0.758. The fraction of sp³-hybridized carbons (Fsp3) is 0.667. The third-order valence-electron chi connectivity index (χ3n) is 1.80. The van der Waals surface area contributed by atoms with Crippen LogP contribution in [0.2, 0.25) is 0 Å². The van der Waals surface area contributed by atoms with E-state index >= 15 is 0 Å². The van der Waals surface area contributed by atoms with Crippen molar-refractivity contribution < 1.29 is 0 Å². The van der Waals surface area contributed by atoms with Crippen molar-refractivity contribution in [2.24, 2.45) is 0 Å². The van der Waals surface area contributed by atoms with Gasteiger partial charge in [-0.1, -0.05) is 0 Å². The van der Waals surface area contributed by atoms with Crippen LogP contribution in [0.1, 0.15) is 20.8 Å². The minimum absolute atomic E-state index is 0.267. The summed E-state index contributed by atoms with van der Waals surface area (Å²) in [4.78, 5) is 3.83. The van der Waals surface area contributed by atoms with Gasteiger partial charge in [-0.3, -0.25) is 10.00 Å². The first-order valence-corrected chi connectivity index (χ1v) is 4.57. The molecule has 1 aromatic heterocycles. The highest BCUT2D eigenvalue weighted by molar-refractivity contribution is 5.04. The summed E-state index contributed by atoms with van der Waals surface area (Å²) < 4.78 is 1.65. The second-order valence-electron chi connectivity index (χ2n) is 3.84. The topological polar surface area (TPSA) is 66.5 Å². The maximum absolute atomic E-state index is 9.06. The molecule has 0 spiro atoms. The summed E-state index contributed by atoms with van der Waals surface area (Å²) >= 11 is 0. The van der Waals surface area contributed by atoms with Crippen LogP contribution in [0.4, 0.5) is 0 Å². The molecule has 1 aromatic rings. The van der Waals surface area contributed by atoms with E-state index < -0.39 is 5.54 Å². The second-order valence-corrected chi connectivity index (χ2v) is 3.84. The molecule has 0 saturated carbocycles. The lowest BCUT2D eigenvalue weighted by molar-refractivity contribution is 0.343. The molecule has 0 aliphatic rings. The van der Waals surface area contributed by atoms with Gasteiger partial charge in [0.1, 0.15) is 18.2 Å². The Kier molecular flexibility index (Phi) is 3.20. The maximum Gasteiger partial charge on any atom is 0.137 e. The van der Waals surface area contributed by atoms with E-state index in [0.717, 1.165) is 0 Å². The third kappa shape index (κ3) is 2.82. The highest BCUT2D eigenvalue weighted by Gasteiger charge is 2.25. The van der Waals surface area contributed by atoms with E-state index in [0.29, 0.717) is 6.54 Å². The van der Waals surface area contributed by atoms with Gasteiger partial charge in [-0.15, -0.1) is 0 Å². The van der Waals surface area contributed by atoms with Gasteiger partial charge in [-0.2, -0.15) is 10.4 Å². The molecule has 0 radical (unpaired) electrons. The van der Waals surface area contributed by atoms with Crippen molar-refractivity contribution in [1.82, 2.24) is 20.1 Å². The van der Waals surface area contributed by atoms with Crippen molar-refractivity contribution in [2.75, 3.05) is 0 Å². The van der Waals surface area contributed by atoms with Crippen LogP contribution in [-0.4, -0.2) is 26.3 Å².